The van der Waals surface area contributed by atoms with E-state index in [9.17, 15) is 9.59 Å². The summed E-state index contributed by atoms with van der Waals surface area (Å²) < 4.78 is 0. The van der Waals surface area contributed by atoms with Crippen molar-refractivity contribution in [3.8, 4) is 0 Å². The van der Waals surface area contributed by atoms with E-state index in [0.717, 1.165) is 0 Å². The lowest BCUT2D eigenvalue weighted by atomic mass is 10.2. The molecule has 1 aromatic rings. The Balaban J connectivity index is 2.60. The van der Waals surface area contributed by atoms with Gasteiger partial charge in [0.15, 0.2) is 0 Å². The van der Waals surface area contributed by atoms with E-state index < -0.39 is 0 Å². The van der Waals surface area contributed by atoms with Gasteiger partial charge in [-0.15, -0.1) is 0 Å². The van der Waals surface area contributed by atoms with Crippen molar-refractivity contribution in [2.24, 2.45) is 5.10 Å². The molecule has 1 rings (SSSR count). The van der Waals surface area contributed by atoms with Gasteiger partial charge < -0.3 is 5.32 Å². The third kappa shape index (κ3) is 5.72. The fourth-order valence-corrected chi connectivity index (χ4v) is 1.69. The Bertz CT molecular complexity index is 530. The molecular weight excluding hydrogens is 289 g/mol. The number of amides is 2. The first-order valence-electron chi connectivity index (χ1n) is 5.43. The van der Waals surface area contributed by atoms with Crippen molar-refractivity contribution in [3.05, 3.63) is 28.2 Å². The van der Waals surface area contributed by atoms with E-state index in [0.29, 0.717) is 21.4 Å². The zero-order chi connectivity index (χ0) is 14.4. The fourth-order valence-electron chi connectivity index (χ4n) is 1.23. The average Bonchev–Trinajstić information content (AvgIpc) is 2.30. The molecule has 0 aliphatic rings. The summed E-state index contributed by atoms with van der Waals surface area (Å²) >= 11 is 11.7. The Hall–Kier alpha value is -1.59. The van der Waals surface area contributed by atoms with E-state index in [1.54, 1.807) is 19.1 Å². The van der Waals surface area contributed by atoms with Crippen LogP contribution in [0.5, 0.6) is 0 Å². The highest BCUT2D eigenvalue weighted by Crippen LogP contribution is 2.25. The van der Waals surface area contributed by atoms with Gasteiger partial charge in [-0.1, -0.05) is 23.2 Å². The van der Waals surface area contributed by atoms with Crippen LogP contribution in [0.25, 0.3) is 0 Å². The largest absolute Gasteiger partial charge is 0.324 e. The van der Waals surface area contributed by atoms with Crippen molar-refractivity contribution in [2.75, 3.05) is 5.32 Å². The molecule has 0 aliphatic heterocycles. The maximum Gasteiger partial charge on any atom is 0.236 e. The van der Waals surface area contributed by atoms with Gasteiger partial charge in [-0.2, -0.15) is 5.10 Å². The van der Waals surface area contributed by atoms with Gasteiger partial charge in [-0.05, 0) is 25.1 Å². The first kappa shape index (κ1) is 15.5. The molecular formula is C12H13Cl2N3O2. The minimum atomic E-state index is -0.291. The summed E-state index contributed by atoms with van der Waals surface area (Å²) in [5, 5.41) is 7.23. The van der Waals surface area contributed by atoms with Crippen LogP contribution in [-0.2, 0) is 9.59 Å². The van der Waals surface area contributed by atoms with Gasteiger partial charge in [0.2, 0.25) is 11.8 Å². The van der Waals surface area contributed by atoms with Crippen LogP contribution in [0.1, 0.15) is 20.3 Å². The fraction of sp³-hybridized carbons (Fsp3) is 0.250. The maximum atomic E-state index is 11.7. The number of hydrazone groups is 1. The zero-order valence-corrected chi connectivity index (χ0v) is 12.0. The normalized spacial score (nSPS) is 11.1. The molecule has 0 aromatic heterocycles. The highest BCUT2D eigenvalue weighted by molar-refractivity contribution is 6.36. The molecule has 0 bridgehead atoms. The van der Waals surface area contributed by atoms with Gasteiger partial charge in [0, 0.05) is 17.7 Å². The molecule has 102 valence electrons. The SMILES string of the molecule is CC(=O)NN=C(C)CC(=O)Nc1ccc(Cl)cc1Cl. The second-order valence-corrected chi connectivity index (χ2v) is 4.71. The lowest BCUT2D eigenvalue weighted by molar-refractivity contribution is -0.119. The van der Waals surface area contributed by atoms with Gasteiger partial charge in [-0.3, -0.25) is 9.59 Å². The van der Waals surface area contributed by atoms with Gasteiger partial charge >= 0.3 is 0 Å². The van der Waals surface area contributed by atoms with Crippen LogP contribution in [0.2, 0.25) is 10.0 Å². The molecule has 2 N–H and O–H groups in total. The quantitative estimate of drug-likeness (QED) is 0.663. The predicted octanol–water partition coefficient (Wildman–Crippen LogP) is 2.83. The number of anilines is 1. The highest BCUT2D eigenvalue weighted by Gasteiger charge is 2.08. The molecule has 0 saturated heterocycles. The number of hydrogen-bond acceptors (Lipinski definition) is 3. The minimum Gasteiger partial charge on any atom is -0.324 e. The summed E-state index contributed by atoms with van der Waals surface area (Å²) in [5.74, 6) is -0.573. The summed E-state index contributed by atoms with van der Waals surface area (Å²) in [6.45, 7) is 2.98. The van der Waals surface area contributed by atoms with Crippen LogP contribution in [-0.4, -0.2) is 17.5 Å². The number of carbonyl (C=O) groups excluding carboxylic acids is 2. The van der Waals surface area contributed by atoms with E-state index in [4.69, 9.17) is 23.2 Å². The summed E-state index contributed by atoms with van der Waals surface area (Å²) in [7, 11) is 0. The molecule has 0 heterocycles. The zero-order valence-electron chi connectivity index (χ0n) is 10.5. The van der Waals surface area contributed by atoms with Crippen molar-refractivity contribution in [1.82, 2.24) is 5.43 Å². The molecule has 0 radical (unpaired) electrons. The number of halogens is 2. The average molecular weight is 302 g/mol. The number of nitrogens with one attached hydrogen (secondary N) is 2. The van der Waals surface area contributed by atoms with Gasteiger partial charge in [0.25, 0.3) is 0 Å². The van der Waals surface area contributed by atoms with Crippen LogP contribution in [0.4, 0.5) is 5.69 Å². The summed E-state index contributed by atoms with van der Waals surface area (Å²) in [5.41, 5.74) is 3.22. The lowest BCUT2D eigenvalue weighted by Gasteiger charge is -2.07. The van der Waals surface area contributed by atoms with E-state index in [2.05, 4.69) is 15.8 Å². The van der Waals surface area contributed by atoms with E-state index >= 15 is 0 Å². The minimum absolute atomic E-state index is 0.0548. The summed E-state index contributed by atoms with van der Waals surface area (Å²) in [6.07, 6.45) is 0.0548. The highest BCUT2D eigenvalue weighted by atomic mass is 35.5. The Morgan fingerprint density at radius 1 is 1.26 bits per heavy atom. The predicted molar refractivity (Wildman–Crippen MR) is 76.6 cm³/mol. The van der Waals surface area contributed by atoms with Crippen LogP contribution < -0.4 is 10.7 Å². The number of nitrogens with zero attached hydrogens (tertiary/aromatic N) is 1. The second kappa shape index (κ2) is 7.11. The van der Waals surface area contributed by atoms with Gasteiger partial charge in [-0.25, -0.2) is 5.43 Å². The monoisotopic (exact) mass is 301 g/mol. The number of carbonyl (C=O) groups is 2. The van der Waals surface area contributed by atoms with Crippen molar-refractivity contribution in [2.45, 2.75) is 20.3 Å². The molecule has 0 saturated carbocycles. The van der Waals surface area contributed by atoms with E-state index in [-0.39, 0.29) is 18.2 Å². The van der Waals surface area contributed by atoms with Crippen molar-refractivity contribution in [3.63, 3.8) is 0 Å². The number of rotatable bonds is 4. The summed E-state index contributed by atoms with van der Waals surface area (Å²) in [4.78, 5) is 22.4. The standard InChI is InChI=1S/C12H13Cl2N3O2/c1-7(16-17-8(2)18)5-12(19)15-11-4-3-9(13)6-10(11)14/h3-4,6H,5H2,1-2H3,(H,15,19)(H,17,18). The van der Waals surface area contributed by atoms with Crippen molar-refractivity contribution >= 4 is 46.4 Å². The molecule has 1 aromatic carbocycles. The number of benzene rings is 1. The Labute approximate surface area is 121 Å². The molecule has 0 aliphatic carbocycles. The molecule has 0 unspecified atom stereocenters. The topological polar surface area (TPSA) is 70.6 Å². The Kier molecular flexibility index (Phi) is 5.79. The second-order valence-electron chi connectivity index (χ2n) is 3.86. The third-order valence-electron chi connectivity index (χ3n) is 2.03. The Morgan fingerprint density at radius 2 is 1.95 bits per heavy atom. The van der Waals surface area contributed by atoms with E-state index in [1.165, 1.54) is 13.0 Å². The molecule has 5 nitrogen and oxygen atoms in total. The molecule has 0 fully saturated rings. The van der Waals surface area contributed by atoms with Crippen LogP contribution in [0.15, 0.2) is 23.3 Å². The molecule has 0 spiro atoms. The van der Waals surface area contributed by atoms with Crippen molar-refractivity contribution in [1.29, 1.82) is 0 Å². The Morgan fingerprint density at radius 3 is 2.53 bits per heavy atom. The van der Waals surface area contributed by atoms with Crippen LogP contribution >= 0.6 is 23.2 Å². The van der Waals surface area contributed by atoms with E-state index in [1.807, 2.05) is 0 Å². The first-order chi connectivity index (χ1) is 8.88. The third-order valence-corrected chi connectivity index (χ3v) is 2.57. The number of hydrogen-bond donors (Lipinski definition) is 2. The van der Waals surface area contributed by atoms with Gasteiger partial charge in [0.05, 0.1) is 17.1 Å². The van der Waals surface area contributed by atoms with Crippen LogP contribution in [0.3, 0.4) is 0 Å². The molecule has 0 atom stereocenters. The summed E-state index contributed by atoms with van der Waals surface area (Å²) in [6, 6.07) is 4.78. The smallest absolute Gasteiger partial charge is 0.236 e. The lowest BCUT2D eigenvalue weighted by Crippen LogP contribution is -2.19. The van der Waals surface area contributed by atoms with Crippen LogP contribution in [0, 0.1) is 0 Å². The molecule has 19 heavy (non-hydrogen) atoms. The molecule has 7 heteroatoms. The first-order valence-corrected chi connectivity index (χ1v) is 6.18. The maximum absolute atomic E-state index is 11.7. The van der Waals surface area contributed by atoms with Crippen molar-refractivity contribution < 1.29 is 9.59 Å². The molecule has 2 amide bonds. The van der Waals surface area contributed by atoms with Gasteiger partial charge in [0.1, 0.15) is 0 Å².